The highest BCUT2D eigenvalue weighted by molar-refractivity contribution is 7.97. The van der Waals surface area contributed by atoms with Gasteiger partial charge in [0.2, 0.25) is 0 Å². The highest BCUT2D eigenvalue weighted by Gasteiger charge is 2.11. The van der Waals surface area contributed by atoms with Crippen LogP contribution in [0.25, 0.3) is 10.2 Å². The normalized spacial score (nSPS) is 11.3. The van der Waals surface area contributed by atoms with Gasteiger partial charge in [0.1, 0.15) is 10.7 Å². The second kappa shape index (κ2) is 6.49. The molecule has 0 fully saturated rings. The third kappa shape index (κ3) is 3.35. The molecule has 3 nitrogen and oxygen atoms in total. The molecule has 0 radical (unpaired) electrons. The molecule has 0 atom stereocenters. The SMILES string of the molecule is Cc1ccc(C)c(CSCc2nc3sc(C)c(C)c3c(=O)[nH]2)c1. The smallest absolute Gasteiger partial charge is 0.259 e. The molecule has 3 aromatic rings. The molecule has 5 heteroatoms. The number of hydrogen-bond donors (Lipinski definition) is 1. The summed E-state index contributed by atoms with van der Waals surface area (Å²) in [5.41, 5.74) is 4.97. The van der Waals surface area contributed by atoms with E-state index >= 15 is 0 Å². The number of benzene rings is 1. The molecule has 0 bridgehead atoms. The van der Waals surface area contributed by atoms with Crippen molar-refractivity contribution >= 4 is 33.3 Å². The zero-order valence-corrected chi connectivity index (χ0v) is 15.5. The van der Waals surface area contributed by atoms with Crippen molar-refractivity contribution in [3.05, 3.63) is 61.5 Å². The van der Waals surface area contributed by atoms with E-state index in [1.165, 1.54) is 16.7 Å². The molecule has 1 aromatic carbocycles. The molecule has 0 saturated carbocycles. The number of nitrogens with zero attached hydrogens (tertiary/aromatic N) is 1. The highest BCUT2D eigenvalue weighted by atomic mass is 32.2. The van der Waals surface area contributed by atoms with Crippen LogP contribution in [0.3, 0.4) is 0 Å². The molecule has 0 aliphatic heterocycles. The summed E-state index contributed by atoms with van der Waals surface area (Å²) in [6.07, 6.45) is 0. The number of thiophene rings is 1. The fourth-order valence-electron chi connectivity index (χ4n) is 2.58. The lowest BCUT2D eigenvalue weighted by atomic mass is 10.1. The fraction of sp³-hybridized carbons (Fsp3) is 0.333. The molecule has 0 saturated heterocycles. The number of rotatable bonds is 4. The third-order valence-corrected chi connectivity index (χ3v) is 6.18. The van der Waals surface area contributed by atoms with Crippen LogP contribution in [0.2, 0.25) is 0 Å². The number of aromatic nitrogens is 2. The van der Waals surface area contributed by atoms with Crippen molar-refractivity contribution < 1.29 is 0 Å². The summed E-state index contributed by atoms with van der Waals surface area (Å²) >= 11 is 3.38. The average molecular weight is 345 g/mol. The zero-order chi connectivity index (χ0) is 16.6. The van der Waals surface area contributed by atoms with Crippen LogP contribution < -0.4 is 5.56 Å². The Labute approximate surface area is 144 Å². The molecule has 0 unspecified atom stereocenters. The van der Waals surface area contributed by atoms with E-state index in [1.54, 1.807) is 23.1 Å². The van der Waals surface area contributed by atoms with Gasteiger partial charge in [0, 0.05) is 10.6 Å². The molecule has 0 aliphatic rings. The minimum absolute atomic E-state index is 0.0146. The monoisotopic (exact) mass is 344 g/mol. The maximum Gasteiger partial charge on any atom is 0.259 e. The first-order chi connectivity index (χ1) is 11.0. The summed E-state index contributed by atoms with van der Waals surface area (Å²) in [6, 6.07) is 6.53. The van der Waals surface area contributed by atoms with Crippen LogP contribution in [0.5, 0.6) is 0 Å². The molecule has 1 N–H and O–H groups in total. The maximum atomic E-state index is 12.3. The van der Waals surface area contributed by atoms with E-state index in [0.29, 0.717) is 5.75 Å². The van der Waals surface area contributed by atoms with Crippen molar-refractivity contribution in [2.45, 2.75) is 39.2 Å². The van der Waals surface area contributed by atoms with Gasteiger partial charge in [-0.3, -0.25) is 4.79 Å². The number of hydrogen-bond acceptors (Lipinski definition) is 4. The van der Waals surface area contributed by atoms with Gasteiger partial charge < -0.3 is 4.98 Å². The van der Waals surface area contributed by atoms with E-state index in [9.17, 15) is 4.79 Å². The van der Waals surface area contributed by atoms with Gasteiger partial charge in [-0.1, -0.05) is 23.8 Å². The summed E-state index contributed by atoms with van der Waals surface area (Å²) in [6.45, 7) is 8.27. The molecular weight excluding hydrogens is 324 g/mol. The van der Waals surface area contributed by atoms with Gasteiger partial charge in [-0.15, -0.1) is 23.1 Å². The van der Waals surface area contributed by atoms with Crippen LogP contribution in [-0.2, 0) is 11.5 Å². The van der Waals surface area contributed by atoms with E-state index in [-0.39, 0.29) is 5.56 Å². The molecule has 3 rings (SSSR count). The zero-order valence-electron chi connectivity index (χ0n) is 13.8. The Hall–Kier alpha value is -1.59. The van der Waals surface area contributed by atoms with Crippen molar-refractivity contribution in [1.29, 1.82) is 0 Å². The Morgan fingerprint density at radius 1 is 1.17 bits per heavy atom. The Morgan fingerprint density at radius 2 is 1.96 bits per heavy atom. The van der Waals surface area contributed by atoms with E-state index in [1.807, 2.05) is 13.8 Å². The summed E-state index contributed by atoms with van der Waals surface area (Å²) in [4.78, 5) is 21.9. The van der Waals surface area contributed by atoms with Gasteiger partial charge >= 0.3 is 0 Å². The van der Waals surface area contributed by atoms with Gasteiger partial charge in [0.15, 0.2) is 0 Å². The van der Waals surface area contributed by atoms with Gasteiger partial charge in [-0.05, 0) is 44.4 Å². The van der Waals surface area contributed by atoms with E-state index < -0.39 is 0 Å². The topological polar surface area (TPSA) is 45.8 Å². The molecular formula is C18H20N2OS2. The average Bonchev–Trinajstić information content (AvgIpc) is 2.78. The minimum Gasteiger partial charge on any atom is -0.309 e. The van der Waals surface area contributed by atoms with Crippen molar-refractivity contribution in [2.75, 3.05) is 0 Å². The van der Waals surface area contributed by atoms with Crippen LogP contribution in [-0.4, -0.2) is 9.97 Å². The van der Waals surface area contributed by atoms with Crippen LogP contribution >= 0.6 is 23.1 Å². The molecule has 2 aromatic heterocycles. The molecule has 0 aliphatic carbocycles. The first-order valence-electron chi connectivity index (χ1n) is 7.58. The number of thioether (sulfide) groups is 1. The maximum absolute atomic E-state index is 12.3. The highest BCUT2D eigenvalue weighted by Crippen LogP contribution is 2.26. The second-order valence-corrected chi connectivity index (χ2v) is 8.09. The third-order valence-electron chi connectivity index (χ3n) is 4.09. The molecule has 0 spiro atoms. The van der Waals surface area contributed by atoms with Crippen molar-refractivity contribution in [3.63, 3.8) is 0 Å². The van der Waals surface area contributed by atoms with Gasteiger partial charge in [-0.25, -0.2) is 4.98 Å². The summed E-state index contributed by atoms with van der Waals surface area (Å²) in [7, 11) is 0. The van der Waals surface area contributed by atoms with Crippen LogP contribution in [0, 0.1) is 27.7 Å². The van der Waals surface area contributed by atoms with E-state index in [0.717, 1.165) is 32.2 Å². The number of H-pyrrole nitrogens is 1. The predicted molar refractivity (Wildman–Crippen MR) is 101 cm³/mol. The van der Waals surface area contributed by atoms with Gasteiger partial charge in [0.05, 0.1) is 11.1 Å². The standard InChI is InChI=1S/C18H20N2OS2/c1-10-5-6-11(2)14(7-10)8-22-9-15-19-17(21)16-12(3)13(4)23-18(16)20-15/h5-7H,8-9H2,1-4H3,(H,19,20,21). The number of fused-ring (bicyclic) bond motifs is 1. The van der Waals surface area contributed by atoms with Crippen molar-refractivity contribution in [2.24, 2.45) is 0 Å². The van der Waals surface area contributed by atoms with Crippen LogP contribution in [0.1, 0.15) is 33.0 Å². The summed E-state index contributed by atoms with van der Waals surface area (Å²) < 4.78 is 0. The Bertz CT molecular complexity index is 925. The lowest BCUT2D eigenvalue weighted by Gasteiger charge is -2.07. The quantitative estimate of drug-likeness (QED) is 0.749. The van der Waals surface area contributed by atoms with E-state index in [2.05, 4.69) is 42.0 Å². The lowest BCUT2D eigenvalue weighted by molar-refractivity contribution is 1.04. The Morgan fingerprint density at radius 3 is 2.74 bits per heavy atom. The molecule has 0 amide bonds. The first kappa shape index (κ1) is 16.3. The second-order valence-electron chi connectivity index (χ2n) is 5.90. The largest absolute Gasteiger partial charge is 0.309 e. The Balaban J connectivity index is 1.77. The number of nitrogens with one attached hydrogen (secondary N) is 1. The lowest BCUT2D eigenvalue weighted by Crippen LogP contribution is -2.10. The molecule has 23 heavy (non-hydrogen) atoms. The van der Waals surface area contributed by atoms with Crippen molar-refractivity contribution in [3.8, 4) is 0 Å². The van der Waals surface area contributed by atoms with Gasteiger partial charge in [0.25, 0.3) is 5.56 Å². The van der Waals surface area contributed by atoms with Crippen LogP contribution in [0.15, 0.2) is 23.0 Å². The van der Waals surface area contributed by atoms with Crippen LogP contribution in [0.4, 0.5) is 0 Å². The number of aromatic amines is 1. The number of aryl methyl sites for hydroxylation is 4. The van der Waals surface area contributed by atoms with Crippen molar-refractivity contribution in [1.82, 2.24) is 9.97 Å². The first-order valence-corrected chi connectivity index (χ1v) is 9.55. The van der Waals surface area contributed by atoms with E-state index in [4.69, 9.17) is 0 Å². The fourth-order valence-corrected chi connectivity index (χ4v) is 4.59. The minimum atomic E-state index is -0.0146. The summed E-state index contributed by atoms with van der Waals surface area (Å²) in [5, 5.41) is 0.746. The predicted octanol–water partition coefficient (Wildman–Crippen LogP) is 4.65. The summed E-state index contributed by atoms with van der Waals surface area (Å²) in [5.74, 6) is 2.41. The molecule has 120 valence electrons. The molecule has 2 heterocycles. The Kier molecular flexibility index (Phi) is 4.60. The van der Waals surface area contributed by atoms with Gasteiger partial charge in [-0.2, -0.15) is 0 Å².